The zero-order chi connectivity index (χ0) is 12.8. The number of carbonyl (C=O) groups is 1. The number of phenols is 1. The number of aromatic hydroxyl groups is 1. The first-order chi connectivity index (χ1) is 8.74. The summed E-state index contributed by atoms with van der Waals surface area (Å²) in [4.78, 5) is 11.6. The molecule has 1 fully saturated rings. The number of phenolic OH excluding ortho intramolecular Hbond substituents is 1. The predicted octanol–water partition coefficient (Wildman–Crippen LogP) is 2.65. The van der Waals surface area contributed by atoms with Crippen molar-refractivity contribution >= 4 is 5.97 Å². The standard InChI is InChI=1S/C14H18O4/c15-11-6-8-12(9-7-11)17-10-14(16)18-13-4-2-1-3-5-13/h6-9,13,15H,1-5,10H2. The number of esters is 1. The number of hydrogen-bond acceptors (Lipinski definition) is 4. The van der Waals surface area contributed by atoms with E-state index in [9.17, 15) is 4.79 Å². The SMILES string of the molecule is O=C(COc1ccc(O)cc1)OC1CCCCC1. The molecule has 1 aromatic rings. The smallest absolute Gasteiger partial charge is 0.344 e. The van der Waals surface area contributed by atoms with Crippen LogP contribution in [0.4, 0.5) is 0 Å². The Morgan fingerprint density at radius 2 is 1.83 bits per heavy atom. The quantitative estimate of drug-likeness (QED) is 0.835. The summed E-state index contributed by atoms with van der Waals surface area (Å²) in [6, 6.07) is 6.26. The van der Waals surface area contributed by atoms with Crippen molar-refractivity contribution in [1.29, 1.82) is 0 Å². The molecule has 0 spiro atoms. The summed E-state index contributed by atoms with van der Waals surface area (Å²) in [5.41, 5.74) is 0. The molecule has 0 heterocycles. The maximum atomic E-state index is 11.6. The lowest BCUT2D eigenvalue weighted by molar-refractivity contribution is -0.152. The Kier molecular flexibility index (Phi) is 4.45. The third-order valence-corrected chi connectivity index (χ3v) is 3.04. The highest BCUT2D eigenvalue weighted by Gasteiger charge is 2.17. The van der Waals surface area contributed by atoms with E-state index in [0.717, 1.165) is 25.7 Å². The molecule has 2 rings (SSSR count). The van der Waals surface area contributed by atoms with Gasteiger partial charge in [-0.1, -0.05) is 6.42 Å². The van der Waals surface area contributed by atoms with E-state index < -0.39 is 0 Å². The molecule has 0 radical (unpaired) electrons. The Labute approximate surface area is 107 Å². The van der Waals surface area contributed by atoms with Crippen LogP contribution in [-0.2, 0) is 9.53 Å². The Hall–Kier alpha value is -1.71. The van der Waals surface area contributed by atoms with Crippen LogP contribution in [-0.4, -0.2) is 23.8 Å². The third kappa shape index (κ3) is 3.95. The van der Waals surface area contributed by atoms with Gasteiger partial charge in [0.25, 0.3) is 0 Å². The lowest BCUT2D eigenvalue weighted by Crippen LogP contribution is -2.24. The summed E-state index contributed by atoms with van der Waals surface area (Å²) in [6.45, 7) is -0.0821. The minimum atomic E-state index is -0.324. The Morgan fingerprint density at radius 1 is 1.17 bits per heavy atom. The topological polar surface area (TPSA) is 55.8 Å². The van der Waals surface area contributed by atoms with Gasteiger partial charge in [0, 0.05) is 0 Å². The first-order valence-corrected chi connectivity index (χ1v) is 6.35. The molecular weight excluding hydrogens is 232 g/mol. The monoisotopic (exact) mass is 250 g/mol. The number of hydrogen-bond donors (Lipinski definition) is 1. The highest BCUT2D eigenvalue weighted by molar-refractivity contribution is 5.71. The van der Waals surface area contributed by atoms with Gasteiger partial charge in [-0.05, 0) is 49.9 Å². The molecule has 1 aromatic carbocycles. The zero-order valence-electron chi connectivity index (χ0n) is 10.3. The molecule has 1 N–H and O–H groups in total. The minimum absolute atomic E-state index is 0.0645. The van der Waals surface area contributed by atoms with Gasteiger partial charge in [0.1, 0.15) is 17.6 Å². The number of rotatable bonds is 4. The van der Waals surface area contributed by atoms with Crippen LogP contribution in [0.2, 0.25) is 0 Å². The first kappa shape index (κ1) is 12.7. The Morgan fingerprint density at radius 3 is 2.50 bits per heavy atom. The molecule has 4 nitrogen and oxygen atoms in total. The molecule has 4 heteroatoms. The van der Waals surface area contributed by atoms with Gasteiger partial charge in [-0.25, -0.2) is 4.79 Å². The molecule has 0 atom stereocenters. The fourth-order valence-electron chi connectivity index (χ4n) is 2.09. The van der Waals surface area contributed by atoms with E-state index in [1.165, 1.54) is 18.6 Å². The van der Waals surface area contributed by atoms with Gasteiger partial charge < -0.3 is 14.6 Å². The van der Waals surface area contributed by atoms with Gasteiger partial charge >= 0.3 is 5.97 Å². The van der Waals surface area contributed by atoms with Gasteiger partial charge in [-0.15, -0.1) is 0 Å². The van der Waals surface area contributed by atoms with Crippen molar-refractivity contribution in [1.82, 2.24) is 0 Å². The van der Waals surface area contributed by atoms with E-state index in [4.69, 9.17) is 14.6 Å². The van der Waals surface area contributed by atoms with E-state index in [2.05, 4.69) is 0 Å². The van der Waals surface area contributed by atoms with E-state index >= 15 is 0 Å². The van der Waals surface area contributed by atoms with Crippen LogP contribution in [0.3, 0.4) is 0 Å². The number of benzene rings is 1. The maximum absolute atomic E-state index is 11.6. The van der Waals surface area contributed by atoms with E-state index in [1.807, 2.05) is 0 Å². The van der Waals surface area contributed by atoms with Crippen LogP contribution in [0.15, 0.2) is 24.3 Å². The fraction of sp³-hybridized carbons (Fsp3) is 0.500. The maximum Gasteiger partial charge on any atom is 0.344 e. The number of ether oxygens (including phenoxy) is 2. The summed E-state index contributed by atoms with van der Waals surface area (Å²) < 4.78 is 10.6. The summed E-state index contributed by atoms with van der Waals surface area (Å²) in [6.07, 6.45) is 5.50. The average Bonchev–Trinajstić information content (AvgIpc) is 2.39. The molecule has 0 saturated heterocycles. The van der Waals surface area contributed by atoms with Crippen LogP contribution in [0.1, 0.15) is 32.1 Å². The van der Waals surface area contributed by atoms with Crippen molar-refractivity contribution in [3.8, 4) is 11.5 Å². The van der Waals surface area contributed by atoms with Gasteiger partial charge in [0.2, 0.25) is 0 Å². The van der Waals surface area contributed by atoms with Crippen LogP contribution >= 0.6 is 0 Å². The normalized spacial score (nSPS) is 16.2. The minimum Gasteiger partial charge on any atom is -0.508 e. The molecule has 0 amide bonds. The second kappa shape index (κ2) is 6.28. The second-order valence-corrected chi connectivity index (χ2v) is 4.53. The molecule has 1 saturated carbocycles. The van der Waals surface area contributed by atoms with Gasteiger partial charge in [-0.2, -0.15) is 0 Å². The van der Waals surface area contributed by atoms with Crippen molar-refractivity contribution < 1.29 is 19.4 Å². The zero-order valence-corrected chi connectivity index (χ0v) is 10.3. The lowest BCUT2D eigenvalue weighted by atomic mass is 9.98. The molecule has 98 valence electrons. The van der Waals surface area contributed by atoms with E-state index in [1.54, 1.807) is 12.1 Å². The van der Waals surface area contributed by atoms with Crippen molar-refractivity contribution in [3.63, 3.8) is 0 Å². The van der Waals surface area contributed by atoms with Crippen molar-refractivity contribution in [2.45, 2.75) is 38.2 Å². The van der Waals surface area contributed by atoms with Crippen LogP contribution < -0.4 is 4.74 Å². The highest BCUT2D eigenvalue weighted by atomic mass is 16.6. The molecule has 0 aliphatic heterocycles. The van der Waals surface area contributed by atoms with E-state index in [-0.39, 0.29) is 24.4 Å². The van der Waals surface area contributed by atoms with Crippen LogP contribution in [0.25, 0.3) is 0 Å². The summed E-state index contributed by atoms with van der Waals surface area (Å²) in [7, 11) is 0. The van der Waals surface area contributed by atoms with Gasteiger partial charge in [0.15, 0.2) is 6.61 Å². The Balaban J connectivity index is 1.72. The average molecular weight is 250 g/mol. The third-order valence-electron chi connectivity index (χ3n) is 3.04. The molecular formula is C14H18O4. The Bertz CT molecular complexity index is 379. The molecule has 1 aliphatic carbocycles. The highest BCUT2D eigenvalue weighted by Crippen LogP contribution is 2.20. The van der Waals surface area contributed by atoms with Crippen LogP contribution in [0, 0.1) is 0 Å². The molecule has 1 aliphatic rings. The lowest BCUT2D eigenvalue weighted by Gasteiger charge is -2.21. The van der Waals surface area contributed by atoms with Crippen molar-refractivity contribution in [3.05, 3.63) is 24.3 Å². The summed E-state index contributed by atoms with van der Waals surface area (Å²) >= 11 is 0. The molecule has 0 bridgehead atoms. The van der Waals surface area contributed by atoms with Crippen LogP contribution in [0.5, 0.6) is 11.5 Å². The predicted molar refractivity (Wildman–Crippen MR) is 66.6 cm³/mol. The largest absolute Gasteiger partial charge is 0.508 e. The first-order valence-electron chi connectivity index (χ1n) is 6.35. The summed E-state index contributed by atoms with van der Waals surface area (Å²) in [5, 5.41) is 9.10. The molecule has 18 heavy (non-hydrogen) atoms. The summed E-state index contributed by atoms with van der Waals surface area (Å²) in [5.74, 6) is 0.399. The second-order valence-electron chi connectivity index (χ2n) is 4.53. The van der Waals surface area contributed by atoms with Crippen molar-refractivity contribution in [2.75, 3.05) is 6.61 Å². The fourth-order valence-corrected chi connectivity index (χ4v) is 2.09. The van der Waals surface area contributed by atoms with E-state index in [0.29, 0.717) is 5.75 Å². The molecule has 0 aromatic heterocycles. The van der Waals surface area contributed by atoms with Gasteiger partial charge in [0.05, 0.1) is 0 Å². The number of carbonyl (C=O) groups excluding carboxylic acids is 1. The van der Waals surface area contributed by atoms with Crippen molar-refractivity contribution in [2.24, 2.45) is 0 Å². The molecule has 0 unspecified atom stereocenters. The van der Waals surface area contributed by atoms with Gasteiger partial charge in [-0.3, -0.25) is 0 Å².